The minimum Gasteiger partial charge on any atom is -0.378 e. The summed E-state index contributed by atoms with van der Waals surface area (Å²) in [5.41, 5.74) is 1.40. The number of morpholine rings is 1. The summed E-state index contributed by atoms with van der Waals surface area (Å²) < 4.78 is 8.62. The summed E-state index contributed by atoms with van der Waals surface area (Å²) in [6, 6.07) is 13.8. The Morgan fingerprint density at radius 1 is 0.679 bits per heavy atom. The highest BCUT2D eigenvalue weighted by Gasteiger charge is 2.42. The highest BCUT2D eigenvalue weighted by Crippen LogP contribution is 2.39. The Morgan fingerprint density at radius 3 is 2.04 bits per heavy atom. The van der Waals surface area contributed by atoms with Gasteiger partial charge in [0.05, 0.1) is 13.2 Å². The quantitative estimate of drug-likeness (QED) is 0.641. The summed E-state index contributed by atoms with van der Waals surface area (Å²) >= 11 is 0. The standard InChI is InChI=1S/C25H36N2O/c1-2-4-6-11-21(12-7-5-3-1)27-23-16-22(17-24(27)19-28-18-23)26-15-14-20-10-8-9-13-25(20)26/h8-10,13-15,21-24H,1-7,11-12,16-19H2/t22?,23-,24+. The SMILES string of the molecule is c1ccc2c(c1)ccn2C1C[C@H]2COC[C@@H](C1)N2C1CCCCCCCCC1. The van der Waals surface area contributed by atoms with Gasteiger partial charge >= 0.3 is 0 Å². The third kappa shape index (κ3) is 3.76. The Hall–Kier alpha value is -1.32. The summed E-state index contributed by atoms with van der Waals surface area (Å²) in [5, 5.41) is 1.37. The molecule has 0 spiro atoms. The Kier molecular flexibility index (Phi) is 5.73. The van der Waals surface area contributed by atoms with Crippen LogP contribution in [0.1, 0.15) is 76.7 Å². The molecule has 1 saturated carbocycles. The second-order valence-corrected chi connectivity index (χ2v) is 9.41. The van der Waals surface area contributed by atoms with Crippen molar-refractivity contribution in [1.82, 2.24) is 9.47 Å². The summed E-state index contributed by atoms with van der Waals surface area (Å²) in [6.07, 6.45) is 17.7. The van der Waals surface area contributed by atoms with E-state index in [0.717, 1.165) is 19.3 Å². The number of nitrogens with zero attached hydrogens (tertiary/aromatic N) is 2. The molecule has 2 bridgehead atoms. The molecule has 0 amide bonds. The van der Waals surface area contributed by atoms with E-state index < -0.39 is 0 Å². The van der Waals surface area contributed by atoms with Gasteiger partial charge < -0.3 is 9.30 Å². The first-order chi connectivity index (χ1) is 13.9. The number of para-hydroxylation sites is 1. The zero-order valence-electron chi connectivity index (χ0n) is 17.3. The highest BCUT2D eigenvalue weighted by molar-refractivity contribution is 5.80. The second-order valence-electron chi connectivity index (χ2n) is 9.41. The van der Waals surface area contributed by atoms with Crippen molar-refractivity contribution in [1.29, 1.82) is 0 Å². The molecule has 3 heterocycles. The van der Waals surface area contributed by atoms with Gasteiger partial charge in [0.15, 0.2) is 0 Å². The molecule has 5 rings (SSSR count). The number of piperidine rings is 1. The number of ether oxygens (including phenoxy) is 1. The summed E-state index contributed by atoms with van der Waals surface area (Å²) in [6.45, 7) is 1.87. The molecule has 2 saturated heterocycles. The minimum absolute atomic E-state index is 0.603. The predicted molar refractivity (Wildman–Crippen MR) is 116 cm³/mol. The van der Waals surface area contributed by atoms with Gasteiger partial charge in [-0.2, -0.15) is 0 Å². The average molecular weight is 381 g/mol. The number of benzene rings is 1. The van der Waals surface area contributed by atoms with E-state index in [-0.39, 0.29) is 0 Å². The molecule has 152 valence electrons. The lowest BCUT2D eigenvalue weighted by molar-refractivity contribution is -0.107. The normalized spacial score (nSPS) is 31.1. The summed E-state index contributed by atoms with van der Waals surface area (Å²) in [4.78, 5) is 2.94. The van der Waals surface area contributed by atoms with Crippen LogP contribution in [0.15, 0.2) is 36.5 Å². The van der Waals surface area contributed by atoms with Crippen LogP contribution in [-0.4, -0.2) is 40.8 Å². The van der Waals surface area contributed by atoms with Crippen molar-refractivity contribution in [2.45, 2.75) is 94.8 Å². The molecule has 3 nitrogen and oxygen atoms in total. The van der Waals surface area contributed by atoms with Crippen LogP contribution >= 0.6 is 0 Å². The Balaban J connectivity index is 1.34. The molecule has 0 radical (unpaired) electrons. The molecule has 2 aromatic rings. The number of rotatable bonds is 2. The van der Waals surface area contributed by atoms with Gasteiger partial charge in [-0.15, -0.1) is 0 Å². The summed E-state index contributed by atoms with van der Waals surface area (Å²) in [5.74, 6) is 0. The highest BCUT2D eigenvalue weighted by atomic mass is 16.5. The van der Waals surface area contributed by atoms with Crippen molar-refractivity contribution in [2.75, 3.05) is 13.2 Å². The van der Waals surface area contributed by atoms with Crippen molar-refractivity contribution in [3.05, 3.63) is 36.5 Å². The fourth-order valence-electron chi connectivity index (χ4n) is 6.25. The van der Waals surface area contributed by atoms with Crippen LogP contribution in [0.25, 0.3) is 10.9 Å². The maximum atomic E-state index is 6.06. The van der Waals surface area contributed by atoms with Gasteiger partial charge in [0.25, 0.3) is 0 Å². The Labute approximate surface area is 170 Å². The van der Waals surface area contributed by atoms with Crippen molar-refractivity contribution in [2.24, 2.45) is 0 Å². The Bertz CT molecular complexity index is 745. The summed E-state index contributed by atoms with van der Waals surface area (Å²) in [7, 11) is 0. The molecule has 2 aliphatic heterocycles. The first-order valence-electron chi connectivity index (χ1n) is 11.8. The predicted octanol–water partition coefficient (Wildman–Crippen LogP) is 5.94. The van der Waals surface area contributed by atoms with E-state index >= 15 is 0 Å². The van der Waals surface area contributed by atoms with E-state index in [1.165, 1.54) is 81.5 Å². The van der Waals surface area contributed by atoms with Crippen molar-refractivity contribution in [3.8, 4) is 0 Å². The fraction of sp³-hybridized carbons (Fsp3) is 0.680. The maximum absolute atomic E-state index is 6.06. The van der Waals surface area contributed by atoms with Gasteiger partial charge in [0, 0.05) is 35.9 Å². The molecule has 1 aromatic heterocycles. The van der Waals surface area contributed by atoms with Crippen LogP contribution in [0, 0.1) is 0 Å². The van der Waals surface area contributed by atoms with Crippen LogP contribution in [0.5, 0.6) is 0 Å². The first-order valence-corrected chi connectivity index (χ1v) is 11.8. The van der Waals surface area contributed by atoms with Crippen molar-refractivity contribution >= 4 is 10.9 Å². The lowest BCUT2D eigenvalue weighted by atomic mass is 9.85. The largest absolute Gasteiger partial charge is 0.378 e. The van der Waals surface area contributed by atoms with E-state index in [4.69, 9.17) is 4.74 Å². The van der Waals surface area contributed by atoms with Gasteiger partial charge in [-0.05, 0) is 43.2 Å². The molecule has 28 heavy (non-hydrogen) atoms. The molecule has 1 aliphatic carbocycles. The molecule has 3 heteroatoms. The monoisotopic (exact) mass is 380 g/mol. The second kappa shape index (κ2) is 8.59. The van der Waals surface area contributed by atoms with Crippen molar-refractivity contribution in [3.63, 3.8) is 0 Å². The maximum Gasteiger partial charge on any atom is 0.0623 e. The van der Waals surface area contributed by atoms with Crippen LogP contribution < -0.4 is 0 Å². The van der Waals surface area contributed by atoms with E-state index in [9.17, 15) is 0 Å². The molecule has 3 fully saturated rings. The molecular formula is C25H36N2O. The van der Waals surface area contributed by atoms with Gasteiger partial charge in [0.1, 0.15) is 0 Å². The number of fused-ring (bicyclic) bond motifs is 3. The molecule has 0 N–H and O–H groups in total. The van der Waals surface area contributed by atoms with E-state index in [0.29, 0.717) is 18.1 Å². The van der Waals surface area contributed by atoms with Crippen LogP contribution in [0.3, 0.4) is 0 Å². The van der Waals surface area contributed by atoms with Crippen LogP contribution in [0.4, 0.5) is 0 Å². The fourth-order valence-corrected chi connectivity index (χ4v) is 6.25. The lowest BCUT2D eigenvalue weighted by Gasteiger charge is -2.52. The third-order valence-electron chi connectivity index (χ3n) is 7.57. The topological polar surface area (TPSA) is 17.4 Å². The van der Waals surface area contributed by atoms with Gasteiger partial charge in [-0.1, -0.05) is 63.1 Å². The van der Waals surface area contributed by atoms with Gasteiger partial charge in [0.2, 0.25) is 0 Å². The van der Waals surface area contributed by atoms with Gasteiger partial charge in [-0.3, -0.25) is 4.90 Å². The van der Waals surface area contributed by atoms with Crippen molar-refractivity contribution < 1.29 is 4.74 Å². The van der Waals surface area contributed by atoms with Crippen LogP contribution in [0.2, 0.25) is 0 Å². The first kappa shape index (κ1) is 18.7. The molecule has 1 aromatic carbocycles. The number of hydrogen-bond acceptors (Lipinski definition) is 2. The number of aromatic nitrogens is 1. The third-order valence-corrected chi connectivity index (χ3v) is 7.57. The molecular weight excluding hydrogens is 344 g/mol. The molecule has 3 atom stereocenters. The molecule has 3 aliphatic rings. The van der Waals surface area contributed by atoms with E-state index in [2.05, 4.69) is 46.0 Å². The minimum atomic E-state index is 0.603. The Morgan fingerprint density at radius 2 is 1.32 bits per heavy atom. The smallest absolute Gasteiger partial charge is 0.0623 e. The van der Waals surface area contributed by atoms with E-state index in [1.807, 2.05) is 0 Å². The van der Waals surface area contributed by atoms with Gasteiger partial charge in [-0.25, -0.2) is 0 Å². The van der Waals surface area contributed by atoms with Crippen LogP contribution in [-0.2, 0) is 4.74 Å². The molecule has 1 unspecified atom stereocenters. The lowest BCUT2D eigenvalue weighted by Crippen LogP contribution is -2.60. The van der Waals surface area contributed by atoms with E-state index in [1.54, 1.807) is 0 Å². The zero-order valence-corrected chi connectivity index (χ0v) is 17.3. The average Bonchev–Trinajstić information content (AvgIpc) is 3.15. The number of hydrogen-bond donors (Lipinski definition) is 0. The zero-order chi connectivity index (χ0) is 18.8.